The summed E-state index contributed by atoms with van der Waals surface area (Å²) in [6, 6.07) is 21.3. The van der Waals surface area contributed by atoms with Gasteiger partial charge in [0.2, 0.25) is 5.91 Å². The zero-order valence-corrected chi connectivity index (χ0v) is 19.9. The molecular formula is C26H28N2O4S. The van der Waals surface area contributed by atoms with Gasteiger partial charge in [-0.3, -0.25) is 9.10 Å². The quantitative estimate of drug-likeness (QED) is 0.514. The molecule has 0 radical (unpaired) electrons. The van der Waals surface area contributed by atoms with Gasteiger partial charge in [0.15, 0.2) is 0 Å². The molecule has 1 amide bonds. The molecule has 7 heteroatoms. The molecule has 0 saturated carbocycles. The summed E-state index contributed by atoms with van der Waals surface area (Å²) in [4.78, 5) is 15.4. The first-order valence-corrected chi connectivity index (χ1v) is 12.5. The Morgan fingerprint density at radius 3 is 2.42 bits per heavy atom. The minimum Gasteiger partial charge on any atom is -0.492 e. The highest BCUT2D eigenvalue weighted by atomic mass is 32.2. The Bertz CT molecular complexity index is 1260. The van der Waals surface area contributed by atoms with Crippen molar-refractivity contribution in [3.8, 4) is 5.75 Å². The molecule has 3 aromatic carbocycles. The molecule has 0 fully saturated rings. The van der Waals surface area contributed by atoms with Crippen LogP contribution in [0.2, 0.25) is 0 Å². The number of fused-ring (bicyclic) bond motifs is 1. The molecule has 1 atom stereocenters. The van der Waals surface area contributed by atoms with Crippen LogP contribution in [0.5, 0.6) is 5.75 Å². The maximum absolute atomic E-state index is 13.8. The van der Waals surface area contributed by atoms with Crippen molar-refractivity contribution in [3.05, 3.63) is 83.9 Å². The maximum Gasteiger partial charge on any atom is 0.264 e. The summed E-state index contributed by atoms with van der Waals surface area (Å²) in [5.74, 6) is 0.132. The van der Waals surface area contributed by atoms with Gasteiger partial charge < -0.3 is 9.64 Å². The van der Waals surface area contributed by atoms with E-state index in [0.29, 0.717) is 18.0 Å². The average molecular weight is 465 g/mol. The Kier molecular flexibility index (Phi) is 6.42. The lowest BCUT2D eigenvalue weighted by Crippen LogP contribution is -2.45. The molecule has 172 valence electrons. The van der Waals surface area contributed by atoms with Gasteiger partial charge in [-0.25, -0.2) is 8.42 Å². The molecule has 0 unspecified atom stereocenters. The smallest absolute Gasteiger partial charge is 0.264 e. The molecule has 33 heavy (non-hydrogen) atoms. The van der Waals surface area contributed by atoms with E-state index in [9.17, 15) is 13.2 Å². The van der Waals surface area contributed by atoms with Crippen molar-refractivity contribution in [3.63, 3.8) is 0 Å². The minimum atomic E-state index is -4.03. The SMILES string of the molecule is CCOc1ccccc1N(CC(=O)N1c2ccccc2C[C@@H]1C)S(=O)(=O)c1ccc(C)cc1. The number of carbonyl (C=O) groups excluding carboxylic acids is 1. The van der Waals surface area contributed by atoms with E-state index in [-0.39, 0.29) is 23.4 Å². The molecule has 0 spiro atoms. The van der Waals surface area contributed by atoms with E-state index in [4.69, 9.17) is 4.74 Å². The van der Waals surface area contributed by atoms with Crippen LogP contribution in [0.25, 0.3) is 0 Å². The number of carbonyl (C=O) groups is 1. The van der Waals surface area contributed by atoms with Crippen LogP contribution >= 0.6 is 0 Å². The van der Waals surface area contributed by atoms with Gasteiger partial charge in [0.25, 0.3) is 10.0 Å². The van der Waals surface area contributed by atoms with Crippen molar-refractivity contribution in [1.29, 1.82) is 0 Å². The molecule has 6 nitrogen and oxygen atoms in total. The molecule has 3 aromatic rings. The highest BCUT2D eigenvalue weighted by molar-refractivity contribution is 7.92. The Balaban J connectivity index is 1.77. The lowest BCUT2D eigenvalue weighted by Gasteiger charge is -2.29. The van der Waals surface area contributed by atoms with Crippen molar-refractivity contribution in [2.45, 2.75) is 38.1 Å². The molecule has 0 saturated heterocycles. The van der Waals surface area contributed by atoms with Crippen molar-refractivity contribution >= 4 is 27.3 Å². The molecule has 4 rings (SSSR count). The summed E-state index contributed by atoms with van der Waals surface area (Å²) in [6.07, 6.45) is 0.738. The number of ether oxygens (including phenoxy) is 1. The summed E-state index contributed by atoms with van der Waals surface area (Å²) in [5, 5.41) is 0. The summed E-state index contributed by atoms with van der Waals surface area (Å²) < 4.78 is 34.4. The number of hydrogen-bond donors (Lipinski definition) is 0. The van der Waals surface area contributed by atoms with Gasteiger partial charge in [-0.15, -0.1) is 0 Å². The number of aryl methyl sites for hydroxylation is 1. The van der Waals surface area contributed by atoms with Gasteiger partial charge in [-0.2, -0.15) is 0 Å². The van der Waals surface area contributed by atoms with E-state index in [1.54, 1.807) is 53.4 Å². The Morgan fingerprint density at radius 2 is 1.70 bits per heavy atom. The largest absolute Gasteiger partial charge is 0.492 e. The predicted molar refractivity (Wildman–Crippen MR) is 130 cm³/mol. The third-order valence-corrected chi connectivity index (χ3v) is 7.57. The third-order valence-electron chi connectivity index (χ3n) is 5.80. The molecule has 0 N–H and O–H groups in total. The third kappa shape index (κ3) is 4.46. The second-order valence-corrected chi connectivity index (χ2v) is 10.0. The highest BCUT2D eigenvalue weighted by Crippen LogP contribution is 2.35. The van der Waals surface area contributed by atoms with E-state index in [1.165, 1.54) is 4.31 Å². The fourth-order valence-corrected chi connectivity index (χ4v) is 5.65. The summed E-state index contributed by atoms with van der Waals surface area (Å²) in [6.45, 7) is 5.75. The number of nitrogens with zero attached hydrogens (tertiary/aromatic N) is 2. The Hall–Kier alpha value is -3.32. The number of rotatable bonds is 7. The van der Waals surface area contributed by atoms with Gasteiger partial charge in [0.05, 0.1) is 17.2 Å². The topological polar surface area (TPSA) is 66.9 Å². The van der Waals surface area contributed by atoms with Crippen LogP contribution in [-0.4, -0.2) is 33.5 Å². The Morgan fingerprint density at radius 1 is 1.03 bits per heavy atom. The van der Waals surface area contributed by atoms with Gasteiger partial charge in [0.1, 0.15) is 12.3 Å². The highest BCUT2D eigenvalue weighted by Gasteiger charge is 2.35. The minimum absolute atomic E-state index is 0.0547. The molecule has 1 heterocycles. The monoisotopic (exact) mass is 464 g/mol. The van der Waals surface area contributed by atoms with Crippen LogP contribution in [0.3, 0.4) is 0 Å². The number of hydrogen-bond acceptors (Lipinski definition) is 4. The van der Waals surface area contributed by atoms with Crippen molar-refractivity contribution in [1.82, 2.24) is 0 Å². The van der Waals surface area contributed by atoms with Gasteiger partial charge in [-0.05, 0) is 63.1 Å². The number of benzene rings is 3. The number of sulfonamides is 1. The fraction of sp³-hybridized carbons (Fsp3) is 0.269. The van der Waals surface area contributed by atoms with Crippen molar-refractivity contribution in [2.75, 3.05) is 22.4 Å². The van der Waals surface area contributed by atoms with E-state index in [2.05, 4.69) is 0 Å². The lowest BCUT2D eigenvalue weighted by atomic mass is 10.1. The first kappa shape index (κ1) is 22.9. The second-order valence-electron chi connectivity index (χ2n) is 8.17. The van der Waals surface area contributed by atoms with Crippen LogP contribution in [0.4, 0.5) is 11.4 Å². The molecule has 0 aliphatic carbocycles. The lowest BCUT2D eigenvalue weighted by molar-refractivity contribution is -0.117. The number of anilines is 2. The van der Waals surface area contributed by atoms with Crippen LogP contribution in [-0.2, 0) is 21.2 Å². The summed E-state index contributed by atoms with van der Waals surface area (Å²) in [5.41, 5.74) is 3.21. The van der Waals surface area contributed by atoms with E-state index in [0.717, 1.165) is 23.2 Å². The molecule has 1 aliphatic rings. The van der Waals surface area contributed by atoms with Crippen LogP contribution in [0.1, 0.15) is 25.0 Å². The molecule has 0 aromatic heterocycles. The maximum atomic E-state index is 13.8. The number of para-hydroxylation sites is 3. The Labute approximate surface area is 195 Å². The second kappa shape index (κ2) is 9.27. The zero-order chi connectivity index (χ0) is 23.6. The van der Waals surface area contributed by atoms with Gasteiger partial charge in [-0.1, -0.05) is 48.0 Å². The molecular weight excluding hydrogens is 436 g/mol. The van der Waals surface area contributed by atoms with Gasteiger partial charge >= 0.3 is 0 Å². The van der Waals surface area contributed by atoms with Crippen molar-refractivity contribution < 1.29 is 17.9 Å². The van der Waals surface area contributed by atoms with Crippen LogP contribution < -0.4 is 13.9 Å². The van der Waals surface area contributed by atoms with E-state index in [1.807, 2.05) is 45.0 Å². The van der Waals surface area contributed by atoms with Crippen LogP contribution in [0.15, 0.2) is 77.7 Å². The zero-order valence-electron chi connectivity index (χ0n) is 19.1. The standard InChI is InChI=1S/C26H28N2O4S/c1-4-32-25-12-8-7-11-24(25)27(33(30,31)22-15-13-19(2)14-16-22)18-26(29)28-20(3)17-21-9-5-6-10-23(21)28/h5-16,20H,4,17-18H2,1-3H3/t20-/m0/s1. The van der Waals surface area contributed by atoms with Crippen molar-refractivity contribution in [2.24, 2.45) is 0 Å². The first-order valence-electron chi connectivity index (χ1n) is 11.0. The molecule has 0 bridgehead atoms. The number of amides is 1. The fourth-order valence-electron chi connectivity index (χ4n) is 4.22. The first-order chi connectivity index (χ1) is 15.8. The predicted octanol–water partition coefficient (Wildman–Crippen LogP) is 4.57. The average Bonchev–Trinajstić information content (AvgIpc) is 3.14. The summed E-state index contributed by atoms with van der Waals surface area (Å²) in [7, 11) is -4.03. The van der Waals surface area contributed by atoms with Crippen LogP contribution in [0, 0.1) is 6.92 Å². The summed E-state index contributed by atoms with van der Waals surface area (Å²) >= 11 is 0. The van der Waals surface area contributed by atoms with E-state index < -0.39 is 10.0 Å². The normalized spacial score (nSPS) is 15.2. The van der Waals surface area contributed by atoms with E-state index >= 15 is 0 Å². The van der Waals surface area contributed by atoms with Gasteiger partial charge in [0, 0.05) is 11.7 Å². The molecule has 1 aliphatic heterocycles.